The minimum Gasteiger partial charge on any atom is -0.0654 e. The van der Waals surface area contributed by atoms with Crippen LogP contribution < -0.4 is 0 Å². The molecule has 0 aliphatic rings. The zero-order valence-corrected chi connectivity index (χ0v) is 5.98. The second-order valence-electron chi connectivity index (χ2n) is 2.34. The summed E-state index contributed by atoms with van der Waals surface area (Å²) >= 11 is 0. The summed E-state index contributed by atoms with van der Waals surface area (Å²) in [6.45, 7) is 10.0. The van der Waals surface area contributed by atoms with Crippen LogP contribution in [0.5, 0.6) is 0 Å². The van der Waals surface area contributed by atoms with Crippen LogP contribution in [0.3, 0.4) is 0 Å². The lowest BCUT2D eigenvalue weighted by molar-refractivity contribution is 0.526. The molecule has 48 valence electrons. The van der Waals surface area contributed by atoms with Gasteiger partial charge in [0.1, 0.15) is 0 Å². The molecular weight excluding hydrogens is 96.1 g/mol. The molecule has 0 amide bonds. The van der Waals surface area contributed by atoms with Gasteiger partial charge in [-0.15, -0.1) is 0 Å². The van der Waals surface area contributed by atoms with Crippen LogP contribution in [-0.4, -0.2) is 0 Å². The van der Waals surface area contributed by atoms with Gasteiger partial charge in [0.05, 0.1) is 0 Å². The van der Waals surface area contributed by atoms with Crippen molar-refractivity contribution in [2.45, 2.75) is 39.5 Å². The van der Waals surface area contributed by atoms with E-state index in [1.165, 1.54) is 25.7 Å². The molecule has 0 saturated heterocycles. The Labute approximate surface area is 53.3 Å². The largest absolute Gasteiger partial charge is 0.0654 e. The lowest BCUT2D eigenvalue weighted by atomic mass is 10.0. The standard InChI is InChI=1S/C8H16/c1-4-6-8(3)7-5-2/h3,8H,4-7H2,1-2H3. The fraction of sp³-hybridized carbons (Fsp3) is 0.875. The molecule has 0 unspecified atom stereocenters. The zero-order chi connectivity index (χ0) is 6.41. The van der Waals surface area contributed by atoms with Gasteiger partial charge in [-0.05, 0) is 12.8 Å². The number of hydrogen-bond acceptors (Lipinski definition) is 0. The summed E-state index contributed by atoms with van der Waals surface area (Å²) in [5.74, 6) is 0.463. The molecule has 0 rings (SSSR count). The van der Waals surface area contributed by atoms with Crippen molar-refractivity contribution in [2.75, 3.05) is 0 Å². The SMILES string of the molecule is [CH]C(CCC)CCC. The van der Waals surface area contributed by atoms with E-state index in [0.29, 0.717) is 5.92 Å². The molecule has 0 bridgehead atoms. The van der Waals surface area contributed by atoms with Crippen LogP contribution >= 0.6 is 0 Å². The van der Waals surface area contributed by atoms with E-state index in [0.717, 1.165) is 0 Å². The maximum atomic E-state index is 5.69. The smallest absolute Gasteiger partial charge is 0.0318 e. The van der Waals surface area contributed by atoms with E-state index in [1.54, 1.807) is 0 Å². The van der Waals surface area contributed by atoms with Gasteiger partial charge in [-0.25, -0.2) is 0 Å². The van der Waals surface area contributed by atoms with Crippen LogP contribution in [0.1, 0.15) is 39.5 Å². The molecule has 0 spiro atoms. The van der Waals surface area contributed by atoms with Crippen LogP contribution in [0.4, 0.5) is 0 Å². The summed E-state index contributed by atoms with van der Waals surface area (Å²) in [6, 6.07) is 0. The third kappa shape index (κ3) is 4.17. The van der Waals surface area contributed by atoms with Crippen molar-refractivity contribution < 1.29 is 0 Å². The predicted molar refractivity (Wildman–Crippen MR) is 37.6 cm³/mol. The molecule has 0 atom stereocenters. The van der Waals surface area contributed by atoms with Crippen LogP contribution in [0.15, 0.2) is 0 Å². The summed E-state index contributed by atoms with van der Waals surface area (Å²) in [5, 5.41) is 0. The maximum absolute atomic E-state index is 5.69. The molecule has 0 aliphatic carbocycles. The fourth-order valence-electron chi connectivity index (χ4n) is 0.886. The summed E-state index contributed by atoms with van der Waals surface area (Å²) in [7, 11) is 0. The highest BCUT2D eigenvalue weighted by molar-refractivity contribution is 4.58. The van der Waals surface area contributed by atoms with Crippen molar-refractivity contribution in [1.82, 2.24) is 0 Å². The molecule has 0 heterocycles. The summed E-state index contributed by atoms with van der Waals surface area (Å²) in [5.41, 5.74) is 0. The third-order valence-electron chi connectivity index (χ3n) is 1.32. The Morgan fingerprint density at radius 3 is 1.75 bits per heavy atom. The average Bonchev–Trinajstić information content (AvgIpc) is 1.68. The Hall–Kier alpha value is 0. The maximum Gasteiger partial charge on any atom is -0.0318 e. The molecule has 0 fully saturated rings. The van der Waals surface area contributed by atoms with Gasteiger partial charge in [0.2, 0.25) is 0 Å². The van der Waals surface area contributed by atoms with Crippen molar-refractivity contribution in [3.05, 3.63) is 6.92 Å². The van der Waals surface area contributed by atoms with Crippen LogP contribution in [0.25, 0.3) is 0 Å². The molecular formula is C8H16. The van der Waals surface area contributed by atoms with Gasteiger partial charge in [-0.1, -0.05) is 39.5 Å². The van der Waals surface area contributed by atoms with E-state index < -0.39 is 0 Å². The van der Waals surface area contributed by atoms with Crippen molar-refractivity contribution in [3.63, 3.8) is 0 Å². The highest BCUT2D eigenvalue weighted by Crippen LogP contribution is 2.10. The third-order valence-corrected chi connectivity index (χ3v) is 1.32. The Balaban J connectivity index is 2.92. The normalized spacial score (nSPS) is 10.5. The molecule has 2 radical (unpaired) electrons. The van der Waals surface area contributed by atoms with Crippen LogP contribution in [0.2, 0.25) is 0 Å². The Bertz CT molecular complexity index is 33.3. The Morgan fingerprint density at radius 2 is 1.50 bits per heavy atom. The summed E-state index contributed by atoms with van der Waals surface area (Å²) in [4.78, 5) is 0. The van der Waals surface area contributed by atoms with E-state index in [-0.39, 0.29) is 0 Å². The second-order valence-corrected chi connectivity index (χ2v) is 2.34. The van der Waals surface area contributed by atoms with Gasteiger partial charge < -0.3 is 0 Å². The lowest BCUT2D eigenvalue weighted by Gasteiger charge is -2.05. The minimum atomic E-state index is 0.463. The van der Waals surface area contributed by atoms with E-state index >= 15 is 0 Å². The molecule has 0 aliphatic heterocycles. The molecule has 0 saturated carbocycles. The highest BCUT2D eigenvalue weighted by atomic mass is 14.0. The molecule has 8 heavy (non-hydrogen) atoms. The summed E-state index contributed by atoms with van der Waals surface area (Å²) in [6.07, 6.45) is 4.82. The minimum absolute atomic E-state index is 0.463. The van der Waals surface area contributed by atoms with Gasteiger partial charge in [0, 0.05) is 0 Å². The predicted octanol–water partition coefficient (Wildman–Crippen LogP) is 2.91. The van der Waals surface area contributed by atoms with Crippen molar-refractivity contribution in [2.24, 2.45) is 5.92 Å². The van der Waals surface area contributed by atoms with Crippen LogP contribution in [0, 0.1) is 12.8 Å². The van der Waals surface area contributed by atoms with E-state index in [1.807, 2.05) is 0 Å². The van der Waals surface area contributed by atoms with Gasteiger partial charge in [-0.3, -0.25) is 0 Å². The van der Waals surface area contributed by atoms with Crippen LogP contribution in [-0.2, 0) is 0 Å². The molecule has 0 heteroatoms. The average molecular weight is 112 g/mol. The Morgan fingerprint density at radius 1 is 1.12 bits per heavy atom. The molecule has 0 aromatic heterocycles. The zero-order valence-electron chi connectivity index (χ0n) is 5.98. The fourth-order valence-corrected chi connectivity index (χ4v) is 0.886. The molecule has 0 N–H and O–H groups in total. The van der Waals surface area contributed by atoms with Gasteiger partial charge >= 0.3 is 0 Å². The van der Waals surface area contributed by atoms with E-state index in [9.17, 15) is 0 Å². The molecule has 0 aromatic rings. The first-order valence-corrected chi connectivity index (χ1v) is 3.56. The first-order chi connectivity index (χ1) is 3.81. The topological polar surface area (TPSA) is 0 Å². The monoisotopic (exact) mass is 112 g/mol. The van der Waals surface area contributed by atoms with Crippen molar-refractivity contribution in [1.29, 1.82) is 0 Å². The quantitative estimate of drug-likeness (QED) is 0.524. The van der Waals surface area contributed by atoms with Gasteiger partial charge in [0.15, 0.2) is 0 Å². The lowest BCUT2D eigenvalue weighted by Crippen LogP contribution is -1.91. The van der Waals surface area contributed by atoms with E-state index in [2.05, 4.69) is 13.8 Å². The van der Waals surface area contributed by atoms with E-state index in [4.69, 9.17) is 6.92 Å². The highest BCUT2D eigenvalue weighted by Gasteiger charge is 1.96. The Kier molecular flexibility index (Phi) is 5.14. The van der Waals surface area contributed by atoms with Crippen molar-refractivity contribution >= 4 is 0 Å². The van der Waals surface area contributed by atoms with Gasteiger partial charge in [-0.2, -0.15) is 0 Å². The van der Waals surface area contributed by atoms with Gasteiger partial charge in [0.25, 0.3) is 0 Å². The molecule has 0 aromatic carbocycles. The first-order valence-electron chi connectivity index (χ1n) is 3.56. The number of hydrogen-bond donors (Lipinski definition) is 0. The van der Waals surface area contributed by atoms with Crippen molar-refractivity contribution in [3.8, 4) is 0 Å². The number of rotatable bonds is 4. The first kappa shape index (κ1) is 8.00. The molecule has 0 nitrogen and oxygen atoms in total. The summed E-state index contributed by atoms with van der Waals surface area (Å²) < 4.78 is 0. The second kappa shape index (κ2) is 5.14.